The topological polar surface area (TPSA) is 98.8 Å². The van der Waals surface area contributed by atoms with Crippen LogP contribution in [0, 0.1) is 0 Å². The van der Waals surface area contributed by atoms with Crippen molar-refractivity contribution in [1.29, 1.82) is 0 Å². The number of thiocarbonyl (C=S) groups is 2. The molecule has 0 radical (unpaired) electrons. The molecule has 4 rings (SSSR count). The van der Waals surface area contributed by atoms with Crippen LogP contribution in [0.5, 0.6) is 0 Å². The minimum atomic E-state index is -0.482. The van der Waals surface area contributed by atoms with Gasteiger partial charge in [-0.25, -0.2) is 0 Å². The first-order valence-electron chi connectivity index (χ1n) is 12.8. The van der Waals surface area contributed by atoms with E-state index in [1.807, 2.05) is 72.8 Å². The Morgan fingerprint density at radius 2 is 1.05 bits per heavy atom. The highest BCUT2D eigenvalue weighted by Gasteiger charge is 2.32. The van der Waals surface area contributed by atoms with Gasteiger partial charge in [0.1, 0.15) is 8.64 Å². The molecule has 2 aromatic rings. The van der Waals surface area contributed by atoms with E-state index >= 15 is 0 Å². The predicted molar refractivity (Wildman–Crippen MR) is 176 cm³/mol. The van der Waals surface area contributed by atoms with Crippen molar-refractivity contribution >= 4 is 92.4 Å². The lowest BCUT2D eigenvalue weighted by molar-refractivity contribution is -0.130. The maximum absolute atomic E-state index is 12.7. The number of nitrogens with one attached hydrogen (secondary N) is 2. The van der Waals surface area contributed by atoms with Crippen LogP contribution in [-0.2, 0) is 19.2 Å². The molecule has 214 valence electrons. The first kappa shape index (κ1) is 31.1. The van der Waals surface area contributed by atoms with Gasteiger partial charge in [0.15, 0.2) is 0 Å². The molecule has 2 heterocycles. The van der Waals surface area contributed by atoms with Crippen molar-refractivity contribution in [2.45, 2.75) is 12.8 Å². The average Bonchev–Trinajstić information content (AvgIpc) is 3.42. The van der Waals surface area contributed by atoms with Crippen LogP contribution < -0.4 is 10.9 Å². The first-order valence-corrected chi connectivity index (χ1v) is 15.3. The fourth-order valence-electron chi connectivity index (χ4n) is 3.73. The molecule has 0 atom stereocenters. The summed E-state index contributed by atoms with van der Waals surface area (Å²) >= 11 is 13.0. The van der Waals surface area contributed by atoms with Gasteiger partial charge in [0, 0.05) is 25.9 Å². The molecular weight excluding hydrogens is 609 g/mol. The predicted octanol–water partition coefficient (Wildman–Crippen LogP) is 4.83. The summed E-state index contributed by atoms with van der Waals surface area (Å²) in [6.45, 7) is 0.154. The average molecular weight is 635 g/mol. The Balaban J connectivity index is 1.17. The van der Waals surface area contributed by atoms with E-state index in [9.17, 15) is 19.2 Å². The summed E-state index contributed by atoms with van der Waals surface area (Å²) in [4.78, 5) is 53.7. The molecule has 8 nitrogen and oxygen atoms in total. The van der Waals surface area contributed by atoms with Crippen molar-refractivity contribution in [1.82, 2.24) is 20.7 Å². The first-order chi connectivity index (χ1) is 20.3. The van der Waals surface area contributed by atoms with Crippen LogP contribution in [-0.4, -0.2) is 55.2 Å². The molecule has 0 bridgehead atoms. The van der Waals surface area contributed by atoms with Gasteiger partial charge in [0.25, 0.3) is 11.8 Å². The lowest BCUT2D eigenvalue weighted by Gasteiger charge is -2.15. The molecule has 2 fully saturated rings. The zero-order valence-electron chi connectivity index (χ0n) is 22.2. The maximum Gasteiger partial charge on any atom is 0.266 e. The van der Waals surface area contributed by atoms with Crippen LogP contribution >= 0.6 is 48.0 Å². The zero-order valence-corrected chi connectivity index (χ0v) is 25.5. The largest absolute Gasteiger partial charge is 0.292 e. The highest BCUT2D eigenvalue weighted by atomic mass is 32.2. The van der Waals surface area contributed by atoms with E-state index in [-0.39, 0.29) is 37.7 Å². The second-order valence-electron chi connectivity index (χ2n) is 8.85. The fraction of sp³-hybridized carbons (Fsp3) is 0.133. The van der Waals surface area contributed by atoms with Gasteiger partial charge in [0.2, 0.25) is 11.8 Å². The minimum absolute atomic E-state index is 0.0597. The molecule has 2 aromatic carbocycles. The third-order valence-electron chi connectivity index (χ3n) is 5.89. The van der Waals surface area contributed by atoms with Gasteiger partial charge >= 0.3 is 0 Å². The van der Waals surface area contributed by atoms with Gasteiger partial charge in [-0.2, -0.15) is 0 Å². The number of hydrogen-bond acceptors (Lipinski definition) is 8. The van der Waals surface area contributed by atoms with Crippen molar-refractivity contribution < 1.29 is 19.2 Å². The van der Waals surface area contributed by atoms with Gasteiger partial charge in [0.05, 0.1) is 9.81 Å². The van der Waals surface area contributed by atoms with Gasteiger partial charge in [-0.1, -0.05) is 133 Å². The SMILES string of the molecule is O=C(CCN1C(=O)C(=CC=Cc2ccccc2)SC1=S)NNC(=O)CCN1C(=O)C(=CC=Cc2ccccc2)SC1=S. The Labute approximate surface area is 262 Å². The van der Waals surface area contributed by atoms with Crippen LogP contribution in [0.25, 0.3) is 12.2 Å². The summed E-state index contributed by atoms with van der Waals surface area (Å²) in [5.74, 6) is -1.51. The van der Waals surface area contributed by atoms with Crippen LogP contribution in [0.1, 0.15) is 24.0 Å². The van der Waals surface area contributed by atoms with E-state index in [2.05, 4.69) is 10.9 Å². The van der Waals surface area contributed by atoms with Crippen LogP contribution in [0.2, 0.25) is 0 Å². The summed E-state index contributed by atoms with van der Waals surface area (Å²) in [7, 11) is 0. The second-order valence-corrected chi connectivity index (χ2v) is 12.2. The monoisotopic (exact) mass is 634 g/mol. The van der Waals surface area contributed by atoms with Gasteiger partial charge in [-0.05, 0) is 23.3 Å². The minimum Gasteiger partial charge on any atom is -0.292 e. The standard InChI is InChI=1S/C30H26N4O4S4/c35-25(17-19-33-27(37)23(41-29(33)39)15-7-13-21-9-3-1-4-10-21)31-32-26(36)18-20-34-28(38)24(42-30(34)40)16-8-14-22-11-5-2-6-12-22/h1-16H,17-20H2,(H,31,35)(H,32,36). The van der Waals surface area contributed by atoms with E-state index < -0.39 is 11.8 Å². The Kier molecular flexibility index (Phi) is 11.4. The van der Waals surface area contributed by atoms with E-state index in [0.29, 0.717) is 18.5 Å². The van der Waals surface area contributed by atoms with Crippen molar-refractivity contribution in [2.24, 2.45) is 0 Å². The maximum atomic E-state index is 12.7. The highest BCUT2D eigenvalue weighted by molar-refractivity contribution is 8.27. The molecule has 0 aliphatic carbocycles. The third kappa shape index (κ3) is 8.83. The lowest BCUT2D eigenvalue weighted by atomic mass is 10.2. The molecule has 0 spiro atoms. The Morgan fingerprint density at radius 1 is 0.667 bits per heavy atom. The summed E-state index contributed by atoms with van der Waals surface area (Å²) < 4.78 is 0.730. The van der Waals surface area contributed by atoms with Gasteiger partial charge in [-0.15, -0.1) is 0 Å². The van der Waals surface area contributed by atoms with Gasteiger partial charge < -0.3 is 0 Å². The molecule has 0 aromatic heterocycles. The zero-order chi connectivity index (χ0) is 29.9. The molecule has 12 heteroatoms. The number of rotatable bonds is 10. The summed E-state index contributed by atoms with van der Waals surface area (Å²) in [5.41, 5.74) is 6.68. The number of nitrogens with zero attached hydrogens (tertiary/aromatic N) is 2. The number of carbonyl (C=O) groups is 4. The molecule has 2 N–H and O–H groups in total. The lowest BCUT2D eigenvalue weighted by Crippen LogP contribution is -2.44. The number of hydrogen-bond donors (Lipinski definition) is 2. The molecule has 4 amide bonds. The Hall–Kier alpha value is -3.84. The molecule has 2 aliphatic rings. The van der Waals surface area contributed by atoms with Crippen LogP contribution in [0.15, 0.2) is 94.8 Å². The fourth-order valence-corrected chi connectivity index (χ4v) is 6.25. The third-order valence-corrected chi connectivity index (χ3v) is 8.68. The summed E-state index contributed by atoms with van der Waals surface area (Å²) in [5, 5.41) is 0. The second kappa shape index (κ2) is 15.4. The highest BCUT2D eigenvalue weighted by Crippen LogP contribution is 2.32. The normalized spacial score (nSPS) is 17.4. The number of amides is 4. The summed E-state index contributed by atoms with van der Waals surface area (Å²) in [6, 6.07) is 19.4. The van der Waals surface area contributed by atoms with Crippen molar-refractivity contribution in [3.05, 3.63) is 106 Å². The van der Waals surface area contributed by atoms with Crippen molar-refractivity contribution in [3.8, 4) is 0 Å². The van der Waals surface area contributed by atoms with Gasteiger partial charge in [-0.3, -0.25) is 39.8 Å². The number of carbonyl (C=O) groups excluding carboxylic acids is 4. The molecule has 0 saturated carbocycles. The quantitative estimate of drug-likeness (QED) is 0.218. The molecular formula is C30H26N4O4S4. The molecule has 42 heavy (non-hydrogen) atoms. The van der Waals surface area contributed by atoms with E-state index in [0.717, 1.165) is 11.1 Å². The number of hydrazine groups is 1. The number of allylic oxidation sites excluding steroid dienone is 4. The Bertz CT molecular complexity index is 1390. The number of benzene rings is 2. The molecule has 2 aliphatic heterocycles. The van der Waals surface area contributed by atoms with E-state index in [1.165, 1.54) is 33.3 Å². The van der Waals surface area contributed by atoms with E-state index in [4.69, 9.17) is 24.4 Å². The van der Waals surface area contributed by atoms with Crippen LogP contribution in [0.3, 0.4) is 0 Å². The van der Waals surface area contributed by atoms with Crippen molar-refractivity contribution in [2.75, 3.05) is 13.1 Å². The van der Waals surface area contributed by atoms with Crippen molar-refractivity contribution in [3.63, 3.8) is 0 Å². The summed E-state index contributed by atoms with van der Waals surface area (Å²) in [6.07, 6.45) is 10.6. The Morgan fingerprint density at radius 3 is 1.43 bits per heavy atom. The van der Waals surface area contributed by atoms with Crippen LogP contribution in [0.4, 0.5) is 0 Å². The molecule has 0 unspecified atom stereocenters. The number of thioether (sulfide) groups is 2. The van der Waals surface area contributed by atoms with E-state index in [1.54, 1.807) is 24.3 Å². The molecule has 2 saturated heterocycles. The smallest absolute Gasteiger partial charge is 0.266 e.